The Balaban J connectivity index is 1.44. The monoisotopic (exact) mass is 385 g/mol. The topological polar surface area (TPSA) is 72.5 Å². The molecular formula is C24H19NO4. The van der Waals surface area contributed by atoms with Crippen LogP contribution in [0, 0.1) is 0 Å². The van der Waals surface area contributed by atoms with Gasteiger partial charge < -0.3 is 10.1 Å². The predicted molar refractivity (Wildman–Crippen MR) is 110 cm³/mol. The fourth-order valence-corrected chi connectivity index (χ4v) is 3.40. The van der Waals surface area contributed by atoms with Crippen molar-refractivity contribution < 1.29 is 19.1 Å². The maximum atomic E-state index is 12.9. The molecule has 3 aromatic rings. The summed E-state index contributed by atoms with van der Waals surface area (Å²) in [6.07, 6.45) is 0.778. The van der Waals surface area contributed by atoms with Crippen LogP contribution in [0.3, 0.4) is 0 Å². The molecule has 0 spiro atoms. The highest BCUT2D eigenvalue weighted by Crippen LogP contribution is 2.32. The number of benzene rings is 3. The largest absolute Gasteiger partial charge is 0.494 e. The third-order valence-electron chi connectivity index (χ3n) is 4.79. The van der Waals surface area contributed by atoms with Gasteiger partial charge in [0.2, 0.25) is 5.91 Å². The molecule has 29 heavy (non-hydrogen) atoms. The number of rotatable bonds is 6. The minimum absolute atomic E-state index is 0.206. The summed E-state index contributed by atoms with van der Waals surface area (Å²) < 4.78 is 5.59. The van der Waals surface area contributed by atoms with Crippen molar-refractivity contribution in [3.63, 3.8) is 0 Å². The number of hydrogen-bond acceptors (Lipinski definition) is 4. The van der Waals surface area contributed by atoms with Crippen LogP contribution in [-0.4, -0.2) is 24.1 Å². The maximum absolute atomic E-state index is 12.9. The van der Waals surface area contributed by atoms with Crippen LogP contribution in [0.5, 0.6) is 5.75 Å². The van der Waals surface area contributed by atoms with Gasteiger partial charge in [-0.2, -0.15) is 0 Å². The van der Waals surface area contributed by atoms with E-state index in [-0.39, 0.29) is 29.5 Å². The molecule has 0 unspecified atom stereocenters. The number of carbonyl (C=O) groups excluding carboxylic acids is 3. The lowest BCUT2D eigenvalue weighted by Gasteiger charge is -2.20. The number of nitrogens with one attached hydrogen (secondary N) is 1. The lowest BCUT2D eigenvalue weighted by Crippen LogP contribution is -2.24. The Kier molecular flexibility index (Phi) is 5.20. The second-order valence-corrected chi connectivity index (χ2v) is 6.75. The number of ether oxygens (including phenoxy) is 1. The van der Waals surface area contributed by atoms with Crippen LogP contribution in [0.15, 0.2) is 72.8 Å². The predicted octanol–water partition coefficient (Wildman–Crippen LogP) is 4.26. The molecule has 0 saturated carbocycles. The highest BCUT2D eigenvalue weighted by molar-refractivity contribution is 6.30. The minimum Gasteiger partial charge on any atom is -0.494 e. The standard InChI is InChI=1S/C24H19NO4/c26-21(14-7-15-29-16-8-2-1-3-9-16)25-20-13-6-12-19-22(20)24(28)18-11-5-4-10-17(18)23(19)27/h1-6,8-13H,7,14-15H2,(H,25,26). The van der Waals surface area contributed by atoms with Crippen LogP contribution in [0.2, 0.25) is 0 Å². The molecule has 1 N–H and O–H groups in total. The fourth-order valence-electron chi connectivity index (χ4n) is 3.40. The highest BCUT2D eigenvalue weighted by Gasteiger charge is 2.31. The first-order chi connectivity index (χ1) is 14.1. The third kappa shape index (κ3) is 3.80. The van der Waals surface area contributed by atoms with E-state index < -0.39 is 0 Å². The van der Waals surface area contributed by atoms with Crippen LogP contribution < -0.4 is 10.1 Å². The van der Waals surface area contributed by atoms with E-state index in [0.29, 0.717) is 35.4 Å². The number of fused-ring (bicyclic) bond motifs is 2. The molecule has 4 rings (SSSR count). The van der Waals surface area contributed by atoms with Gasteiger partial charge in [-0.05, 0) is 24.6 Å². The minimum atomic E-state index is -0.251. The molecule has 3 aromatic carbocycles. The molecule has 0 fully saturated rings. The Morgan fingerprint density at radius 1 is 0.759 bits per heavy atom. The molecule has 5 nitrogen and oxygen atoms in total. The zero-order valence-electron chi connectivity index (χ0n) is 15.7. The van der Waals surface area contributed by atoms with Crippen molar-refractivity contribution in [3.05, 3.63) is 95.1 Å². The molecule has 144 valence electrons. The first-order valence-corrected chi connectivity index (χ1v) is 9.44. The van der Waals surface area contributed by atoms with Crippen LogP contribution in [0.1, 0.15) is 44.7 Å². The number of ketones is 2. The van der Waals surface area contributed by atoms with Gasteiger partial charge in [-0.1, -0.05) is 54.6 Å². The Hall–Kier alpha value is -3.73. The fraction of sp³-hybridized carbons (Fsp3) is 0.125. The number of hydrogen-bond donors (Lipinski definition) is 1. The Bertz CT molecular complexity index is 1090. The van der Waals surface area contributed by atoms with Crippen molar-refractivity contribution in [1.29, 1.82) is 0 Å². The second-order valence-electron chi connectivity index (χ2n) is 6.75. The number of carbonyl (C=O) groups is 3. The van der Waals surface area contributed by atoms with Crippen molar-refractivity contribution in [2.45, 2.75) is 12.8 Å². The molecule has 0 heterocycles. The van der Waals surface area contributed by atoms with Crippen LogP contribution in [0.4, 0.5) is 5.69 Å². The lowest BCUT2D eigenvalue weighted by molar-refractivity contribution is -0.116. The summed E-state index contributed by atoms with van der Waals surface area (Å²) in [4.78, 5) is 38.1. The summed E-state index contributed by atoms with van der Waals surface area (Å²) in [5.41, 5.74) is 1.70. The molecule has 5 heteroatoms. The smallest absolute Gasteiger partial charge is 0.224 e. The van der Waals surface area contributed by atoms with Gasteiger partial charge in [0.1, 0.15) is 5.75 Å². The van der Waals surface area contributed by atoms with Gasteiger partial charge in [-0.3, -0.25) is 14.4 Å². The van der Waals surface area contributed by atoms with E-state index in [1.54, 1.807) is 42.5 Å². The summed E-state index contributed by atoms with van der Waals surface area (Å²) in [6, 6.07) is 21.1. The van der Waals surface area contributed by atoms with E-state index in [1.165, 1.54) is 0 Å². The van der Waals surface area contributed by atoms with Gasteiger partial charge in [0, 0.05) is 23.1 Å². The summed E-state index contributed by atoms with van der Waals surface area (Å²) in [5.74, 6) is 0.0723. The van der Waals surface area contributed by atoms with E-state index in [1.807, 2.05) is 30.3 Å². The zero-order valence-corrected chi connectivity index (χ0v) is 15.7. The van der Waals surface area contributed by atoms with Gasteiger partial charge in [0.05, 0.1) is 17.9 Å². The Morgan fingerprint density at radius 2 is 1.41 bits per heavy atom. The lowest BCUT2D eigenvalue weighted by atomic mass is 9.83. The average molecular weight is 385 g/mol. The van der Waals surface area contributed by atoms with Crippen molar-refractivity contribution in [2.24, 2.45) is 0 Å². The summed E-state index contributed by atoms with van der Waals surface area (Å²) in [6.45, 7) is 0.412. The third-order valence-corrected chi connectivity index (χ3v) is 4.79. The molecule has 0 aromatic heterocycles. The van der Waals surface area contributed by atoms with Gasteiger partial charge in [0.25, 0.3) is 0 Å². The zero-order chi connectivity index (χ0) is 20.2. The van der Waals surface area contributed by atoms with Crippen molar-refractivity contribution in [2.75, 3.05) is 11.9 Å². The van der Waals surface area contributed by atoms with E-state index in [2.05, 4.69) is 5.32 Å². The van der Waals surface area contributed by atoms with Crippen LogP contribution in [0.25, 0.3) is 0 Å². The second kappa shape index (κ2) is 8.10. The SMILES string of the molecule is O=C(CCCOc1ccccc1)Nc1cccc2c1C(=O)c1ccccc1C2=O. The first kappa shape index (κ1) is 18.6. The summed E-state index contributed by atoms with van der Waals surface area (Å²) >= 11 is 0. The van der Waals surface area contributed by atoms with Gasteiger partial charge in [0.15, 0.2) is 11.6 Å². The van der Waals surface area contributed by atoms with E-state index in [0.717, 1.165) is 5.75 Å². The van der Waals surface area contributed by atoms with Crippen molar-refractivity contribution >= 4 is 23.2 Å². The van der Waals surface area contributed by atoms with E-state index in [4.69, 9.17) is 4.74 Å². The number of para-hydroxylation sites is 1. The normalized spacial score (nSPS) is 12.1. The van der Waals surface area contributed by atoms with E-state index in [9.17, 15) is 14.4 Å². The van der Waals surface area contributed by atoms with Crippen molar-refractivity contribution in [3.8, 4) is 5.75 Å². The molecule has 0 aliphatic heterocycles. The quantitative estimate of drug-likeness (QED) is 0.504. The molecule has 1 aliphatic carbocycles. The molecule has 0 saturated heterocycles. The van der Waals surface area contributed by atoms with E-state index >= 15 is 0 Å². The van der Waals surface area contributed by atoms with Gasteiger partial charge >= 0.3 is 0 Å². The summed E-state index contributed by atoms with van der Waals surface area (Å²) in [5, 5.41) is 2.78. The number of amides is 1. The molecule has 0 radical (unpaired) electrons. The van der Waals surface area contributed by atoms with Crippen molar-refractivity contribution in [1.82, 2.24) is 0 Å². The molecule has 0 bridgehead atoms. The molecule has 1 aliphatic rings. The van der Waals surface area contributed by atoms with Crippen LogP contribution in [-0.2, 0) is 4.79 Å². The first-order valence-electron chi connectivity index (χ1n) is 9.44. The van der Waals surface area contributed by atoms with Gasteiger partial charge in [-0.15, -0.1) is 0 Å². The Labute approximate surface area is 168 Å². The average Bonchev–Trinajstić information content (AvgIpc) is 2.76. The summed E-state index contributed by atoms with van der Waals surface area (Å²) in [7, 11) is 0. The molecular weight excluding hydrogens is 366 g/mol. The Morgan fingerprint density at radius 3 is 2.17 bits per heavy atom. The van der Waals surface area contributed by atoms with Gasteiger partial charge in [-0.25, -0.2) is 0 Å². The molecule has 1 amide bonds. The highest BCUT2D eigenvalue weighted by atomic mass is 16.5. The number of anilines is 1. The van der Waals surface area contributed by atoms with Crippen LogP contribution >= 0.6 is 0 Å². The molecule has 0 atom stereocenters. The maximum Gasteiger partial charge on any atom is 0.224 e.